The zero-order chi connectivity index (χ0) is 9.90. The van der Waals surface area contributed by atoms with Crippen molar-refractivity contribution in [2.75, 3.05) is 13.7 Å². The fraction of sp³-hybridized carbons (Fsp3) is 1.00. The molecule has 1 heterocycles. The maximum Gasteiger partial charge on any atom is 0.414 e. The van der Waals surface area contributed by atoms with Crippen molar-refractivity contribution in [1.82, 2.24) is 5.32 Å². The van der Waals surface area contributed by atoms with Crippen LogP contribution in [0.3, 0.4) is 0 Å². The van der Waals surface area contributed by atoms with Crippen LogP contribution in [0.5, 0.6) is 0 Å². The maximum absolute atomic E-state index is 12.2. The van der Waals surface area contributed by atoms with Gasteiger partial charge in [0.25, 0.3) is 0 Å². The number of hydrogen-bond acceptors (Lipinski definition) is 2. The van der Waals surface area contributed by atoms with E-state index in [1.165, 1.54) is 0 Å². The van der Waals surface area contributed by atoms with Crippen LogP contribution >= 0.6 is 0 Å². The molecule has 13 heavy (non-hydrogen) atoms. The van der Waals surface area contributed by atoms with Crippen molar-refractivity contribution in [3.05, 3.63) is 0 Å². The molecular weight excluding hydrogens is 183 g/mol. The molecule has 0 saturated carbocycles. The van der Waals surface area contributed by atoms with Crippen LogP contribution in [-0.4, -0.2) is 32.0 Å². The van der Waals surface area contributed by atoms with Crippen LogP contribution in [-0.2, 0) is 4.74 Å². The Hall–Kier alpha value is -0.290. The first kappa shape index (κ1) is 10.8. The Morgan fingerprint density at radius 1 is 1.54 bits per heavy atom. The van der Waals surface area contributed by atoms with E-state index in [4.69, 9.17) is 0 Å². The second-order valence-electron chi connectivity index (χ2n) is 3.29. The molecule has 78 valence electrons. The summed E-state index contributed by atoms with van der Waals surface area (Å²) in [6.07, 6.45) is -4.06. The number of hydrogen-bond donors (Lipinski definition) is 1. The third kappa shape index (κ3) is 3.15. The van der Waals surface area contributed by atoms with E-state index in [2.05, 4.69) is 10.1 Å². The zero-order valence-corrected chi connectivity index (χ0v) is 7.53. The Morgan fingerprint density at radius 2 is 2.23 bits per heavy atom. The Kier molecular flexibility index (Phi) is 3.55. The van der Waals surface area contributed by atoms with E-state index in [1.54, 1.807) is 0 Å². The minimum absolute atomic E-state index is 0.0278. The Balaban J connectivity index is 2.39. The van der Waals surface area contributed by atoms with Crippen molar-refractivity contribution in [1.29, 1.82) is 0 Å². The van der Waals surface area contributed by atoms with E-state index in [0.29, 0.717) is 0 Å². The molecule has 1 N–H and O–H groups in total. The van der Waals surface area contributed by atoms with Gasteiger partial charge >= 0.3 is 6.18 Å². The summed E-state index contributed by atoms with van der Waals surface area (Å²) >= 11 is 0. The van der Waals surface area contributed by atoms with Gasteiger partial charge in [0, 0.05) is 13.2 Å². The molecular formula is C8H14F3NO. The van der Waals surface area contributed by atoms with Gasteiger partial charge in [-0.2, -0.15) is 13.2 Å². The second kappa shape index (κ2) is 4.28. The van der Waals surface area contributed by atoms with E-state index < -0.39 is 12.3 Å². The van der Waals surface area contributed by atoms with Gasteiger partial charge < -0.3 is 10.1 Å². The summed E-state index contributed by atoms with van der Waals surface area (Å²) in [6.45, 7) is 0.818. The van der Waals surface area contributed by atoms with Gasteiger partial charge in [-0.05, 0) is 25.8 Å². The molecule has 1 aliphatic heterocycles. The minimum atomic E-state index is -4.24. The van der Waals surface area contributed by atoms with E-state index in [1.807, 2.05) is 0 Å². The quantitative estimate of drug-likeness (QED) is 0.743. The first-order chi connectivity index (χ1) is 6.04. The third-order valence-corrected chi connectivity index (χ3v) is 2.31. The second-order valence-corrected chi connectivity index (χ2v) is 3.29. The first-order valence-corrected chi connectivity index (χ1v) is 4.37. The highest BCUT2D eigenvalue weighted by molar-refractivity contribution is 4.80. The van der Waals surface area contributed by atoms with Crippen molar-refractivity contribution in [3.63, 3.8) is 0 Å². The van der Waals surface area contributed by atoms with Crippen LogP contribution < -0.4 is 5.32 Å². The molecule has 1 fully saturated rings. The summed E-state index contributed by atoms with van der Waals surface area (Å²) < 4.78 is 41.1. The highest BCUT2D eigenvalue weighted by Gasteiger charge is 2.41. The number of nitrogens with one attached hydrogen (secondary N) is 1. The standard InChI is InChI=1S/C8H14F3NO/c1-13-7(8(9,10)11)5-6-3-2-4-12-6/h6-7,12H,2-5H2,1H3. The van der Waals surface area contributed by atoms with Crippen LogP contribution in [0.15, 0.2) is 0 Å². The van der Waals surface area contributed by atoms with Gasteiger partial charge in [-0.3, -0.25) is 0 Å². The van der Waals surface area contributed by atoms with Gasteiger partial charge in [-0.1, -0.05) is 0 Å². The third-order valence-electron chi connectivity index (χ3n) is 2.31. The molecule has 0 aromatic carbocycles. The fourth-order valence-electron chi connectivity index (χ4n) is 1.58. The summed E-state index contributed by atoms with van der Waals surface area (Å²) in [7, 11) is 1.10. The van der Waals surface area contributed by atoms with Crippen LogP contribution in [0.25, 0.3) is 0 Å². The Morgan fingerprint density at radius 3 is 2.62 bits per heavy atom. The van der Waals surface area contributed by atoms with Gasteiger partial charge in [0.2, 0.25) is 0 Å². The van der Waals surface area contributed by atoms with E-state index >= 15 is 0 Å². The number of halogens is 3. The van der Waals surface area contributed by atoms with Gasteiger partial charge in [0.05, 0.1) is 0 Å². The average molecular weight is 197 g/mol. The summed E-state index contributed by atoms with van der Waals surface area (Å²) in [4.78, 5) is 0. The number of methoxy groups -OCH3 is 1. The van der Waals surface area contributed by atoms with Crippen LogP contribution in [0, 0.1) is 0 Å². The smallest absolute Gasteiger partial charge is 0.372 e. The monoisotopic (exact) mass is 197 g/mol. The molecule has 2 atom stereocenters. The lowest BCUT2D eigenvalue weighted by Crippen LogP contribution is -2.37. The molecule has 5 heteroatoms. The molecule has 0 spiro atoms. The summed E-state index contributed by atoms with van der Waals surface area (Å²) in [5, 5.41) is 3.01. The zero-order valence-electron chi connectivity index (χ0n) is 7.53. The van der Waals surface area contributed by atoms with Crippen molar-refractivity contribution in [2.45, 2.75) is 37.6 Å². The number of alkyl halides is 3. The molecule has 0 aromatic heterocycles. The largest absolute Gasteiger partial charge is 0.414 e. The van der Waals surface area contributed by atoms with Gasteiger partial charge in [-0.15, -0.1) is 0 Å². The SMILES string of the molecule is COC(CC1CCCN1)C(F)(F)F. The molecule has 1 saturated heterocycles. The lowest BCUT2D eigenvalue weighted by molar-refractivity contribution is -0.215. The molecule has 0 aromatic rings. The normalized spacial score (nSPS) is 26.3. The first-order valence-electron chi connectivity index (χ1n) is 4.37. The fourth-order valence-corrected chi connectivity index (χ4v) is 1.58. The lowest BCUT2D eigenvalue weighted by atomic mass is 10.1. The molecule has 2 unspecified atom stereocenters. The van der Waals surface area contributed by atoms with E-state index in [9.17, 15) is 13.2 Å². The van der Waals surface area contributed by atoms with Crippen molar-refractivity contribution in [3.8, 4) is 0 Å². The molecule has 0 bridgehead atoms. The molecule has 1 aliphatic rings. The lowest BCUT2D eigenvalue weighted by Gasteiger charge is -2.21. The molecule has 0 amide bonds. The topological polar surface area (TPSA) is 21.3 Å². The predicted octanol–water partition coefficient (Wildman–Crippen LogP) is 1.71. The molecule has 1 rings (SSSR count). The van der Waals surface area contributed by atoms with Gasteiger partial charge in [0.1, 0.15) is 0 Å². The summed E-state index contributed by atoms with van der Waals surface area (Å²) in [6, 6.07) is -0.0356. The Bertz CT molecular complexity index is 154. The van der Waals surface area contributed by atoms with Crippen LogP contribution in [0.2, 0.25) is 0 Å². The van der Waals surface area contributed by atoms with Crippen molar-refractivity contribution in [2.24, 2.45) is 0 Å². The minimum Gasteiger partial charge on any atom is -0.372 e. The van der Waals surface area contributed by atoms with Gasteiger partial charge in [-0.25, -0.2) is 0 Å². The van der Waals surface area contributed by atoms with Crippen molar-refractivity contribution >= 4 is 0 Å². The maximum atomic E-state index is 12.2. The number of ether oxygens (including phenoxy) is 1. The van der Waals surface area contributed by atoms with Crippen LogP contribution in [0.1, 0.15) is 19.3 Å². The summed E-state index contributed by atoms with van der Waals surface area (Å²) in [5.74, 6) is 0. The Labute approximate surface area is 75.4 Å². The van der Waals surface area contributed by atoms with E-state index in [-0.39, 0.29) is 12.5 Å². The highest BCUT2D eigenvalue weighted by atomic mass is 19.4. The van der Waals surface area contributed by atoms with Crippen LogP contribution in [0.4, 0.5) is 13.2 Å². The molecule has 2 nitrogen and oxygen atoms in total. The van der Waals surface area contributed by atoms with Crippen molar-refractivity contribution < 1.29 is 17.9 Å². The molecule has 0 radical (unpaired) electrons. The summed E-state index contributed by atoms with van der Waals surface area (Å²) in [5.41, 5.74) is 0. The number of rotatable bonds is 3. The average Bonchev–Trinajstić information content (AvgIpc) is 2.49. The predicted molar refractivity (Wildman–Crippen MR) is 42.5 cm³/mol. The molecule has 0 aliphatic carbocycles. The highest BCUT2D eigenvalue weighted by Crippen LogP contribution is 2.27. The van der Waals surface area contributed by atoms with Gasteiger partial charge in [0.15, 0.2) is 6.10 Å². The van der Waals surface area contributed by atoms with E-state index in [0.717, 1.165) is 26.5 Å².